The molecule has 0 amide bonds. The van der Waals surface area contributed by atoms with Crippen LogP contribution >= 0.6 is 8.20 Å². The largest absolute Gasteiger partial charge is 0.114 e. The van der Waals surface area contributed by atoms with Crippen molar-refractivity contribution in [1.29, 1.82) is 0 Å². The summed E-state index contributed by atoms with van der Waals surface area (Å²) in [4.78, 5) is 0. The van der Waals surface area contributed by atoms with Gasteiger partial charge in [0.05, 0.1) is 0 Å². The first-order valence-electron chi connectivity index (χ1n) is 1.38. The summed E-state index contributed by atoms with van der Waals surface area (Å²) in [5.41, 5.74) is 0.923. The fourth-order valence-electron chi connectivity index (χ4n) is 0.161. The molecule has 0 aromatic carbocycles. The van der Waals surface area contributed by atoms with E-state index in [0.717, 1.165) is 5.47 Å². The number of hydrogen-bond donors (Lipinski definition) is 0. The van der Waals surface area contributed by atoms with E-state index in [0.29, 0.717) is 0 Å². The lowest BCUT2D eigenvalue weighted by molar-refractivity contribution is 2.27. The summed E-state index contributed by atoms with van der Waals surface area (Å²) in [6.07, 6.45) is 0. The maximum Gasteiger partial charge on any atom is 0.114 e. The summed E-state index contributed by atoms with van der Waals surface area (Å²) in [5, 5.41) is 0. The Morgan fingerprint density at radius 1 is 1.80 bits per heavy atom. The summed E-state index contributed by atoms with van der Waals surface area (Å²) >= 11 is 0. The van der Waals surface area contributed by atoms with Crippen molar-refractivity contribution >= 4 is 21.8 Å². The van der Waals surface area contributed by atoms with Gasteiger partial charge in [0.1, 0.15) is 7.85 Å². The van der Waals surface area contributed by atoms with Crippen LogP contribution in [-0.2, 0) is 0 Å². The summed E-state index contributed by atoms with van der Waals surface area (Å²) < 4.78 is 0. The van der Waals surface area contributed by atoms with Crippen LogP contribution in [0.4, 0.5) is 0 Å². The van der Waals surface area contributed by atoms with Crippen LogP contribution in [0.1, 0.15) is 0 Å². The maximum absolute atomic E-state index is 5.18. The van der Waals surface area contributed by atoms with Crippen LogP contribution in [0, 0.1) is 0 Å². The van der Waals surface area contributed by atoms with Gasteiger partial charge in [0.25, 0.3) is 0 Å². The lowest BCUT2D eigenvalue weighted by Gasteiger charge is -1.92. The first-order valence-corrected chi connectivity index (χ1v) is 2.42. The molecule has 1 aliphatic rings. The molecule has 1 heterocycles. The Morgan fingerprint density at radius 3 is 2.20 bits per heavy atom. The van der Waals surface area contributed by atoms with Gasteiger partial charge in [-0.3, -0.25) is 0 Å². The molecule has 0 saturated carbocycles. The zero-order valence-corrected chi connectivity index (χ0v) is 3.57. The highest BCUT2D eigenvalue weighted by Crippen LogP contribution is 2.10. The minimum atomic E-state index is 0.923. The standard InChI is InChI=1S/C3H2BP/c4-3-1-5-2-3/h1-2H. The van der Waals surface area contributed by atoms with Gasteiger partial charge in [0, 0.05) is 0 Å². The van der Waals surface area contributed by atoms with E-state index >= 15 is 0 Å². The number of rotatable bonds is 0. The van der Waals surface area contributed by atoms with Gasteiger partial charge in [-0.05, 0) is 11.6 Å². The monoisotopic (exact) mass is 80.0 g/mol. The Morgan fingerprint density at radius 2 is 2.20 bits per heavy atom. The molecule has 2 heteroatoms. The van der Waals surface area contributed by atoms with Crippen molar-refractivity contribution in [1.82, 2.24) is 0 Å². The molecule has 0 bridgehead atoms. The van der Waals surface area contributed by atoms with Crippen LogP contribution in [0.5, 0.6) is 0 Å². The van der Waals surface area contributed by atoms with Crippen molar-refractivity contribution in [2.45, 2.75) is 0 Å². The molecular formula is C3H2BP. The van der Waals surface area contributed by atoms with Crippen LogP contribution in [0.3, 0.4) is 0 Å². The summed E-state index contributed by atoms with van der Waals surface area (Å²) in [6.45, 7) is 0. The molecule has 1 aliphatic heterocycles. The summed E-state index contributed by atoms with van der Waals surface area (Å²) in [6, 6.07) is 0. The van der Waals surface area contributed by atoms with Crippen molar-refractivity contribution in [3.63, 3.8) is 0 Å². The van der Waals surface area contributed by atoms with Crippen molar-refractivity contribution in [3.8, 4) is 0 Å². The predicted octanol–water partition coefficient (Wildman–Crippen LogP) is 0.758. The van der Waals surface area contributed by atoms with Gasteiger partial charge in [-0.1, -0.05) is 13.7 Å². The molecule has 0 unspecified atom stereocenters. The molecule has 5 heavy (non-hydrogen) atoms. The second kappa shape index (κ2) is 0.985. The lowest BCUT2D eigenvalue weighted by Crippen LogP contribution is -1.81. The van der Waals surface area contributed by atoms with E-state index in [1.807, 2.05) is 11.6 Å². The topological polar surface area (TPSA) is 0 Å². The smallest absolute Gasteiger partial charge is 0.0877 e. The van der Waals surface area contributed by atoms with Crippen molar-refractivity contribution in [2.24, 2.45) is 0 Å². The normalized spacial score (nSPS) is 20.4. The highest BCUT2D eigenvalue weighted by Gasteiger charge is 1.83. The molecule has 0 aromatic rings. The number of hydrogen-bond acceptors (Lipinski definition) is 0. The van der Waals surface area contributed by atoms with E-state index in [4.69, 9.17) is 7.85 Å². The minimum Gasteiger partial charge on any atom is -0.0877 e. The summed E-state index contributed by atoms with van der Waals surface area (Å²) in [7, 11) is 6.44. The molecule has 0 fully saturated rings. The second-order valence-corrected chi connectivity index (χ2v) is 1.72. The third-order valence-corrected chi connectivity index (χ3v) is 1.34. The SMILES string of the molecule is [B]C1=CP=C1. The van der Waals surface area contributed by atoms with Crippen molar-refractivity contribution in [3.05, 3.63) is 11.3 Å². The average molecular weight is 79.8 g/mol. The maximum atomic E-state index is 5.18. The average Bonchev–Trinajstić information content (AvgIpc) is 1.30. The van der Waals surface area contributed by atoms with E-state index in [2.05, 4.69) is 0 Å². The van der Waals surface area contributed by atoms with Crippen molar-refractivity contribution < 1.29 is 0 Å². The number of allylic oxidation sites excluding steroid dienone is 1. The zero-order valence-electron chi connectivity index (χ0n) is 2.68. The summed E-state index contributed by atoms with van der Waals surface area (Å²) in [5.74, 6) is 3.92. The Balaban J connectivity index is 2.60. The van der Waals surface area contributed by atoms with Crippen LogP contribution in [-0.4, -0.2) is 13.6 Å². The van der Waals surface area contributed by atoms with Crippen LogP contribution in [0.2, 0.25) is 0 Å². The first-order chi connectivity index (χ1) is 2.39. The molecule has 0 N–H and O–H groups in total. The van der Waals surface area contributed by atoms with E-state index in [1.165, 1.54) is 8.20 Å². The van der Waals surface area contributed by atoms with Crippen LogP contribution < -0.4 is 0 Å². The van der Waals surface area contributed by atoms with Crippen molar-refractivity contribution in [2.75, 3.05) is 0 Å². The quantitative estimate of drug-likeness (QED) is 0.297. The first kappa shape index (κ1) is 3.18. The molecule has 0 atom stereocenters. The Labute approximate surface area is 34.1 Å². The van der Waals surface area contributed by atoms with Crippen LogP contribution in [0.15, 0.2) is 11.3 Å². The van der Waals surface area contributed by atoms with Gasteiger partial charge in [-0.2, -0.15) is 0 Å². The van der Waals surface area contributed by atoms with E-state index < -0.39 is 0 Å². The zero-order chi connectivity index (χ0) is 3.70. The van der Waals surface area contributed by atoms with E-state index in [-0.39, 0.29) is 0 Å². The van der Waals surface area contributed by atoms with Gasteiger partial charge in [-0.15, -0.1) is 0 Å². The Kier molecular flexibility index (Phi) is 0.626. The molecule has 0 nitrogen and oxygen atoms in total. The molecule has 0 saturated heterocycles. The lowest BCUT2D eigenvalue weighted by atomic mass is 10.0. The van der Waals surface area contributed by atoms with Gasteiger partial charge in [0.15, 0.2) is 0 Å². The van der Waals surface area contributed by atoms with E-state index in [1.54, 1.807) is 0 Å². The molecule has 2 radical (unpaired) electrons. The van der Waals surface area contributed by atoms with Gasteiger partial charge in [0.2, 0.25) is 0 Å². The third kappa shape index (κ3) is 0.434. The molecule has 0 spiro atoms. The third-order valence-electron chi connectivity index (χ3n) is 0.447. The van der Waals surface area contributed by atoms with Gasteiger partial charge in [-0.25, -0.2) is 0 Å². The highest BCUT2D eigenvalue weighted by atomic mass is 31.1. The Hall–Kier alpha value is -0.0251. The molecule has 22 valence electrons. The minimum absolute atomic E-state index is 0.923. The van der Waals surface area contributed by atoms with Gasteiger partial charge < -0.3 is 0 Å². The molecule has 0 aromatic heterocycles. The van der Waals surface area contributed by atoms with Gasteiger partial charge >= 0.3 is 0 Å². The second-order valence-electron chi connectivity index (χ2n) is 0.907. The Bertz CT molecular complexity index is 93.1. The highest BCUT2D eigenvalue weighted by molar-refractivity contribution is 7.46. The van der Waals surface area contributed by atoms with Crippen LogP contribution in [0.25, 0.3) is 0 Å². The molecular weight excluding hydrogens is 77.8 g/mol. The van der Waals surface area contributed by atoms with E-state index in [9.17, 15) is 0 Å². The fraction of sp³-hybridized carbons (Fsp3) is 0. The fourth-order valence-corrected chi connectivity index (χ4v) is 0.482. The molecule has 0 aliphatic carbocycles. The predicted molar refractivity (Wildman–Crippen MR) is 26.8 cm³/mol. The molecule has 1 rings (SSSR count).